The van der Waals surface area contributed by atoms with Crippen molar-refractivity contribution < 1.29 is 4.74 Å². The van der Waals surface area contributed by atoms with Crippen LogP contribution in [0.3, 0.4) is 0 Å². The van der Waals surface area contributed by atoms with Gasteiger partial charge in [-0.25, -0.2) is 9.97 Å². The van der Waals surface area contributed by atoms with Crippen molar-refractivity contribution in [2.45, 2.75) is 31.8 Å². The van der Waals surface area contributed by atoms with Crippen molar-refractivity contribution in [2.24, 2.45) is 11.8 Å². The second-order valence-electron chi connectivity index (χ2n) is 9.69. The minimum atomic E-state index is 0.00258. The zero-order valence-electron chi connectivity index (χ0n) is 17.6. The molecule has 156 valence electrons. The first-order valence-corrected chi connectivity index (χ1v) is 11.0. The predicted octanol–water partition coefficient (Wildman–Crippen LogP) is 3.34. The molecule has 3 aromatic rings. The maximum atomic E-state index is 6.15. The van der Waals surface area contributed by atoms with Crippen LogP contribution < -0.4 is 9.64 Å². The zero-order chi connectivity index (χ0) is 20.3. The topological polar surface area (TPSA) is 70.2 Å². The highest BCUT2D eigenvalue weighted by atomic mass is 16.5. The molecule has 2 saturated heterocycles. The van der Waals surface area contributed by atoms with Crippen LogP contribution in [-0.2, 0) is 0 Å². The largest absolute Gasteiger partial charge is 0.488 e. The second kappa shape index (κ2) is 6.67. The fourth-order valence-corrected chi connectivity index (χ4v) is 4.82. The Morgan fingerprint density at radius 2 is 1.90 bits per heavy atom. The molecule has 1 aliphatic carbocycles. The lowest BCUT2D eigenvalue weighted by atomic mass is 9.85. The van der Waals surface area contributed by atoms with E-state index in [9.17, 15) is 0 Å². The van der Waals surface area contributed by atoms with Gasteiger partial charge in [0.2, 0.25) is 0 Å². The normalized spacial score (nSPS) is 21.5. The lowest BCUT2D eigenvalue weighted by molar-refractivity contribution is 0.105. The quantitative estimate of drug-likeness (QED) is 0.680. The molecule has 0 spiro atoms. The molecule has 4 heterocycles. The standard InChI is InChI=1S/C23H28N6O/c1-23(5-6-23)30-17-3-4-19-18(8-17)22(27-26-19)20-9-21(25-14-24-20)29-12-16(13-29)7-15-10-28(2)11-15/h3-4,8-9,14-16H,5-7,10-13H2,1-2H3,(H,26,27). The van der Waals surface area contributed by atoms with Crippen molar-refractivity contribution in [1.82, 2.24) is 25.1 Å². The predicted molar refractivity (Wildman–Crippen MR) is 117 cm³/mol. The molecule has 0 atom stereocenters. The highest BCUT2D eigenvalue weighted by Gasteiger charge is 2.40. The Morgan fingerprint density at radius 3 is 2.67 bits per heavy atom. The van der Waals surface area contributed by atoms with Gasteiger partial charge in [0.25, 0.3) is 0 Å². The molecule has 0 bridgehead atoms. The lowest BCUT2D eigenvalue weighted by Gasteiger charge is -2.45. The van der Waals surface area contributed by atoms with Gasteiger partial charge >= 0.3 is 0 Å². The number of ether oxygens (including phenoxy) is 1. The Morgan fingerprint density at radius 1 is 1.10 bits per heavy atom. The van der Waals surface area contributed by atoms with E-state index in [4.69, 9.17) is 4.74 Å². The van der Waals surface area contributed by atoms with Crippen LogP contribution in [0.5, 0.6) is 5.75 Å². The molecule has 3 fully saturated rings. The summed E-state index contributed by atoms with van der Waals surface area (Å²) >= 11 is 0. The van der Waals surface area contributed by atoms with Gasteiger partial charge in [-0.15, -0.1) is 0 Å². The molecular weight excluding hydrogens is 376 g/mol. The molecular formula is C23H28N6O. The number of anilines is 1. The molecule has 30 heavy (non-hydrogen) atoms. The van der Waals surface area contributed by atoms with Gasteiger partial charge < -0.3 is 14.5 Å². The van der Waals surface area contributed by atoms with E-state index in [1.807, 2.05) is 12.1 Å². The van der Waals surface area contributed by atoms with E-state index < -0.39 is 0 Å². The van der Waals surface area contributed by atoms with Gasteiger partial charge in [-0.2, -0.15) is 5.10 Å². The summed E-state index contributed by atoms with van der Waals surface area (Å²) in [4.78, 5) is 13.8. The molecule has 7 heteroatoms. The SMILES string of the molecule is CN1CC(CC2CN(c3cc(-c4n[nH]c5ccc(OC6(C)CC6)cc45)ncn3)C2)C1. The number of nitrogens with one attached hydrogen (secondary N) is 1. The number of hydrogen-bond acceptors (Lipinski definition) is 6. The maximum absolute atomic E-state index is 6.15. The summed E-state index contributed by atoms with van der Waals surface area (Å²) < 4.78 is 6.15. The van der Waals surface area contributed by atoms with E-state index in [0.717, 1.165) is 71.6 Å². The van der Waals surface area contributed by atoms with E-state index in [1.54, 1.807) is 6.33 Å². The molecule has 0 radical (unpaired) electrons. The third kappa shape index (κ3) is 3.31. The molecule has 2 aliphatic heterocycles. The molecule has 0 unspecified atom stereocenters. The van der Waals surface area contributed by atoms with Gasteiger partial charge in [-0.1, -0.05) is 0 Å². The van der Waals surface area contributed by atoms with Gasteiger partial charge in [-0.05, 0) is 63.3 Å². The van der Waals surface area contributed by atoms with Crippen molar-refractivity contribution in [3.63, 3.8) is 0 Å². The van der Waals surface area contributed by atoms with Crippen molar-refractivity contribution in [3.8, 4) is 17.1 Å². The van der Waals surface area contributed by atoms with Gasteiger partial charge in [0.05, 0.1) is 11.2 Å². The summed E-state index contributed by atoms with van der Waals surface area (Å²) in [7, 11) is 2.20. The average Bonchev–Trinajstić information content (AvgIpc) is 3.25. The first-order valence-electron chi connectivity index (χ1n) is 11.0. The highest BCUT2D eigenvalue weighted by molar-refractivity contribution is 5.93. The fourth-order valence-electron chi connectivity index (χ4n) is 4.82. The van der Waals surface area contributed by atoms with E-state index in [-0.39, 0.29) is 5.60 Å². The number of aromatic amines is 1. The van der Waals surface area contributed by atoms with Crippen LogP contribution in [0.25, 0.3) is 22.3 Å². The summed E-state index contributed by atoms with van der Waals surface area (Å²) in [5, 5.41) is 8.72. The van der Waals surface area contributed by atoms with E-state index in [2.05, 4.69) is 56.1 Å². The summed E-state index contributed by atoms with van der Waals surface area (Å²) in [6, 6.07) is 8.19. The van der Waals surface area contributed by atoms with Crippen LogP contribution >= 0.6 is 0 Å². The number of H-pyrrole nitrogens is 1. The lowest BCUT2D eigenvalue weighted by Crippen LogP contribution is -2.52. The van der Waals surface area contributed by atoms with Crippen LogP contribution in [0.2, 0.25) is 0 Å². The van der Waals surface area contributed by atoms with Crippen LogP contribution in [0.15, 0.2) is 30.6 Å². The summed E-state index contributed by atoms with van der Waals surface area (Å²) in [6.07, 6.45) is 5.23. The average molecular weight is 405 g/mol. The number of rotatable bonds is 6. The number of benzene rings is 1. The second-order valence-corrected chi connectivity index (χ2v) is 9.69. The van der Waals surface area contributed by atoms with Crippen molar-refractivity contribution in [1.29, 1.82) is 0 Å². The van der Waals surface area contributed by atoms with Gasteiger partial charge in [0.1, 0.15) is 29.2 Å². The third-order valence-corrected chi connectivity index (χ3v) is 6.84. The minimum Gasteiger partial charge on any atom is -0.488 e. The van der Waals surface area contributed by atoms with Crippen LogP contribution in [0.4, 0.5) is 5.82 Å². The van der Waals surface area contributed by atoms with Crippen LogP contribution in [0.1, 0.15) is 26.2 Å². The molecule has 7 nitrogen and oxygen atoms in total. The molecule has 1 saturated carbocycles. The number of nitrogens with zero attached hydrogens (tertiary/aromatic N) is 5. The first-order chi connectivity index (χ1) is 14.5. The zero-order valence-corrected chi connectivity index (χ0v) is 17.6. The number of hydrogen-bond donors (Lipinski definition) is 1. The van der Waals surface area contributed by atoms with Gasteiger partial charge in [-0.3, -0.25) is 5.10 Å². The molecule has 2 aromatic heterocycles. The summed E-state index contributed by atoms with van der Waals surface area (Å²) in [5.41, 5.74) is 2.70. The minimum absolute atomic E-state index is 0.00258. The summed E-state index contributed by atoms with van der Waals surface area (Å²) in [6.45, 7) is 6.85. The van der Waals surface area contributed by atoms with Crippen molar-refractivity contribution in [2.75, 3.05) is 38.1 Å². The Kier molecular flexibility index (Phi) is 4.03. The van der Waals surface area contributed by atoms with Crippen LogP contribution in [0, 0.1) is 11.8 Å². The van der Waals surface area contributed by atoms with E-state index in [0.29, 0.717) is 0 Å². The van der Waals surface area contributed by atoms with Crippen LogP contribution in [-0.4, -0.2) is 63.9 Å². The van der Waals surface area contributed by atoms with E-state index in [1.165, 1.54) is 19.5 Å². The molecule has 3 aliphatic rings. The molecule has 1 aromatic carbocycles. The van der Waals surface area contributed by atoms with Gasteiger partial charge in [0, 0.05) is 37.6 Å². The number of likely N-dealkylation sites (tertiary alicyclic amines) is 1. The Labute approximate surface area is 176 Å². The van der Waals surface area contributed by atoms with Crippen molar-refractivity contribution >= 4 is 16.7 Å². The molecule has 0 amide bonds. The molecule has 6 rings (SSSR count). The maximum Gasteiger partial charge on any atom is 0.132 e. The van der Waals surface area contributed by atoms with Crippen molar-refractivity contribution in [3.05, 3.63) is 30.6 Å². The molecule has 1 N–H and O–H groups in total. The fraction of sp³-hybridized carbons (Fsp3) is 0.522. The Bertz CT molecular complexity index is 1080. The number of aromatic nitrogens is 4. The Hall–Kier alpha value is -2.67. The van der Waals surface area contributed by atoms with Gasteiger partial charge in [0.15, 0.2) is 0 Å². The monoisotopic (exact) mass is 404 g/mol. The van der Waals surface area contributed by atoms with E-state index >= 15 is 0 Å². The first kappa shape index (κ1) is 18.1. The third-order valence-electron chi connectivity index (χ3n) is 6.84. The summed E-state index contributed by atoms with van der Waals surface area (Å²) in [5.74, 6) is 3.56. The Balaban J connectivity index is 1.20. The smallest absolute Gasteiger partial charge is 0.132 e. The highest BCUT2D eigenvalue weighted by Crippen LogP contribution is 2.40. The number of fused-ring (bicyclic) bond motifs is 1.